The van der Waals surface area contributed by atoms with E-state index >= 15 is 0 Å². The Labute approximate surface area is 150 Å². The molecule has 11 nitrogen and oxygen atoms in total. The van der Waals surface area contributed by atoms with Crippen molar-refractivity contribution in [3.05, 3.63) is 0 Å². The molecule has 2 aliphatic heterocycles. The number of nitrogens with zero attached hydrogens (tertiary/aromatic N) is 2. The smallest absolute Gasteiger partial charge is 0.314 e. The molecule has 12 heteroatoms. The fourth-order valence-electron chi connectivity index (χ4n) is 4.19. The number of hydrogen-bond acceptors (Lipinski definition) is 7. The summed E-state index contributed by atoms with van der Waals surface area (Å²) in [6.07, 6.45) is 3.63. The van der Waals surface area contributed by atoms with E-state index in [-0.39, 0.29) is 24.1 Å². The summed E-state index contributed by atoms with van der Waals surface area (Å²) in [6, 6.07) is -1.81. The monoisotopic (exact) mass is 390 g/mol. The molecule has 0 aromatic rings. The Balaban J connectivity index is 1.45. The molecule has 1 spiro atoms. The molecule has 4 atom stereocenters. The molecule has 2 heterocycles. The molecule has 2 bridgehead atoms. The van der Waals surface area contributed by atoms with Gasteiger partial charge in [-0.25, -0.2) is 10.3 Å². The number of carbonyl (C=O) groups is 2. The van der Waals surface area contributed by atoms with Crippen molar-refractivity contribution in [3.8, 4) is 0 Å². The van der Waals surface area contributed by atoms with Crippen LogP contribution in [0.4, 0.5) is 4.79 Å². The first-order chi connectivity index (χ1) is 12.2. The van der Waals surface area contributed by atoms with E-state index in [9.17, 15) is 18.0 Å². The van der Waals surface area contributed by atoms with Gasteiger partial charge in [-0.2, -0.15) is 13.5 Å². The second kappa shape index (κ2) is 6.02. The van der Waals surface area contributed by atoms with Crippen molar-refractivity contribution in [2.24, 2.45) is 5.41 Å². The van der Waals surface area contributed by atoms with Gasteiger partial charge in [-0.15, -0.1) is 4.28 Å². The van der Waals surface area contributed by atoms with Crippen LogP contribution >= 0.6 is 0 Å². The number of hydroxylamine groups is 3. The maximum Gasteiger partial charge on any atom is 0.418 e. The van der Waals surface area contributed by atoms with Crippen LogP contribution in [0.2, 0.25) is 0 Å². The first kappa shape index (κ1) is 17.9. The van der Waals surface area contributed by atoms with Gasteiger partial charge >= 0.3 is 16.4 Å². The fraction of sp³-hybridized carbons (Fsp3) is 0.857. The van der Waals surface area contributed by atoms with Crippen LogP contribution in [0.3, 0.4) is 0 Å². The highest BCUT2D eigenvalue weighted by molar-refractivity contribution is 7.80. The van der Waals surface area contributed by atoms with Crippen molar-refractivity contribution in [3.63, 3.8) is 0 Å². The number of piperidine rings is 1. The van der Waals surface area contributed by atoms with Crippen molar-refractivity contribution < 1.29 is 31.7 Å². The van der Waals surface area contributed by atoms with Gasteiger partial charge in [-0.3, -0.25) is 14.2 Å². The molecule has 26 heavy (non-hydrogen) atoms. The molecule has 3 N–H and O–H groups in total. The lowest BCUT2D eigenvalue weighted by Crippen LogP contribution is -2.55. The van der Waals surface area contributed by atoms with Crippen LogP contribution in [0.5, 0.6) is 0 Å². The quantitative estimate of drug-likeness (QED) is 0.395. The number of hydrogen-bond donors (Lipinski definition) is 3. The third-order valence-electron chi connectivity index (χ3n) is 6.03. The highest BCUT2D eigenvalue weighted by Gasteiger charge is 2.65. The van der Waals surface area contributed by atoms with Gasteiger partial charge in [-0.1, -0.05) is 0 Å². The largest absolute Gasteiger partial charge is 0.418 e. The minimum absolute atomic E-state index is 0.108. The number of rotatable bonds is 6. The third-order valence-corrected chi connectivity index (χ3v) is 6.38. The number of urea groups is 1. The highest BCUT2D eigenvalue weighted by Crippen LogP contribution is 2.59. The summed E-state index contributed by atoms with van der Waals surface area (Å²) < 4.78 is 35.5. The molecular formula is C14H22N4O7S. The molecule has 2 unspecified atom stereocenters. The van der Waals surface area contributed by atoms with E-state index < -0.39 is 34.4 Å². The third kappa shape index (κ3) is 2.95. The molecule has 2 aliphatic carbocycles. The van der Waals surface area contributed by atoms with E-state index in [1.807, 2.05) is 7.05 Å². The standard InChI is InChI=1S/C14H22N4O7S/c1-15-8-2-3-10(8)24-16-12(19)9-6-14(4-5-14)11-7-17(9)13(20)18(11)25-26(21,22)23/h8-11,15H,2-7H2,1H3,(H,16,19)(H,21,22,23)/t8?,9-,10?,11-/m0/s1. The molecule has 146 valence electrons. The SMILES string of the molecule is CNC1CCC1ONC(=O)[C@@H]1CC2(CC2)[C@@H]2CN1C(=O)N2OS(=O)(=O)O. The van der Waals surface area contributed by atoms with E-state index in [1.54, 1.807) is 0 Å². The first-order valence-electron chi connectivity index (χ1n) is 8.64. The molecular weight excluding hydrogens is 368 g/mol. The fourth-order valence-corrected chi connectivity index (χ4v) is 4.56. The second-order valence-electron chi connectivity index (χ2n) is 7.46. The molecule has 4 rings (SSSR count). The normalized spacial score (nSPS) is 34.8. The number of carbonyl (C=O) groups excluding carboxylic acids is 2. The maximum atomic E-state index is 12.6. The Hall–Kier alpha value is -1.47. The van der Waals surface area contributed by atoms with Crippen LogP contribution in [0.15, 0.2) is 0 Å². The van der Waals surface area contributed by atoms with Crippen LogP contribution in [0.1, 0.15) is 32.1 Å². The summed E-state index contributed by atoms with van der Waals surface area (Å²) in [5, 5.41) is 3.79. The maximum absolute atomic E-state index is 12.6. The lowest BCUT2D eigenvalue weighted by atomic mass is 9.85. The summed E-state index contributed by atoms with van der Waals surface area (Å²) in [4.78, 5) is 31.8. The van der Waals surface area contributed by atoms with E-state index in [0.29, 0.717) is 11.5 Å². The van der Waals surface area contributed by atoms with Gasteiger partial charge < -0.3 is 10.2 Å². The average Bonchev–Trinajstić information content (AvgIpc) is 3.25. The summed E-state index contributed by atoms with van der Waals surface area (Å²) in [5.41, 5.74) is 2.09. The van der Waals surface area contributed by atoms with E-state index in [2.05, 4.69) is 15.1 Å². The topological polar surface area (TPSA) is 138 Å². The Bertz CT molecular complexity index is 723. The zero-order valence-electron chi connectivity index (χ0n) is 14.3. The molecule has 2 saturated carbocycles. The molecule has 0 radical (unpaired) electrons. The van der Waals surface area contributed by atoms with E-state index in [4.69, 9.17) is 9.39 Å². The Morgan fingerprint density at radius 1 is 1.35 bits per heavy atom. The molecule has 3 amide bonds. The van der Waals surface area contributed by atoms with Crippen molar-refractivity contribution in [2.75, 3.05) is 13.6 Å². The predicted molar refractivity (Wildman–Crippen MR) is 85.5 cm³/mol. The van der Waals surface area contributed by atoms with Crippen LogP contribution in [0.25, 0.3) is 0 Å². The minimum atomic E-state index is -4.82. The first-order valence-corrected chi connectivity index (χ1v) is 10.0. The van der Waals surface area contributed by atoms with Crippen LogP contribution in [-0.2, 0) is 24.3 Å². The predicted octanol–water partition coefficient (Wildman–Crippen LogP) is -0.822. The van der Waals surface area contributed by atoms with Crippen molar-refractivity contribution >= 4 is 22.3 Å². The summed E-state index contributed by atoms with van der Waals surface area (Å²) in [7, 11) is -2.99. The van der Waals surface area contributed by atoms with Gasteiger partial charge in [0.05, 0.1) is 6.04 Å². The van der Waals surface area contributed by atoms with Gasteiger partial charge in [0.1, 0.15) is 12.1 Å². The van der Waals surface area contributed by atoms with Crippen molar-refractivity contribution in [1.82, 2.24) is 20.8 Å². The zero-order chi connectivity index (χ0) is 18.7. The Kier molecular flexibility index (Phi) is 4.15. The molecule has 0 aromatic heterocycles. The Morgan fingerprint density at radius 2 is 2.08 bits per heavy atom. The Morgan fingerprint density at radius 3 is 2.62 bits per heavy atom. The number of amides is 3. The summed E-state index contributed by atoms with van der Waals surface area (Å²) in [6.45, 7) is 0.176. The van der Waals surface area contributed by atoms with Crippen LogP contribution in [0, 0.1) is 5.41 Å². The molecule has 2 saturated heterocycles. The molecule has 0 aromatic carbocycles. The molecule has 4 fully saturated rings. The highest BCUT2D eigenvalue weighted by atomic mass is 32.3. The number of fused-ring (bicyclic) bond motifs is 3. The zero-order valence-corrected chi connectivity index (χ0v) is 15.1. The second-order valence-corrected chi connectivity index (χ2v) is 8.46. The number of nitrogens with one attached hydrogen (secondary N) is 2. The van der Waals surface area contributed by atoms with Crippen molar-refractivity contribution in [2.45, 2.75) is 56.3 Å². The molecule has 4 aliphatic rings. The minimum Gasteiger partial charge on any atom is -0.314 e. The number of likely N-dealkylation sites (N-methyl/N-ethyl adjacent to an activating group) is 1. The van der Waals surface area contributed by atoms with Gasteiger partial charge in [0.2, 0.25) is 0 Å². The summed E-state index contributed by atoms with van der Waals surface area (Å²) in [5.74, 6) is -0.432. The lowest BCUT2D eigenvalue weighted by molar-refractivity contribution is -0.151. The van der Waals surface area contributed by atoms with Gasteiger partial charge in [0.15, 0.2) is 0 Å². The lowest BCUT2D eigenvalue weighted by Gasteiger charge is -2.37. The van der Waals surface area contributed by atoms with Gasteiger partial charge in [-0.05, 0) is 44.6 Å². The van der Waals surface area contributed by atoms with Crippen molar-refractivity contribution in [1.29, 1.82) is 0 Å². The summed E-state index contributed by atoms with van der Waals surface area (Å²) >= 11 is 0. The van der Waals surface area contributed by atoms with Gasteiger partial charge in [0.25, 0.3) is 5.91 Å². The van der Waals surface area contributed by atoms with E-state index in [1.165, 1.54) is 4.90 Å². The van der Waals surface area contributed by atoms with Crippen LogP contribution < -0.4 is 10.8 Å². The average molecular weight is 390 g/mol. The van der Waals surface area contributed by atoms with E-state index in [0.717, 1.165) is 25.7 Å². The van der Waals surface area contributed by atoms with Crippen LogP contribution in [-0.4, -0.2) is 72.7 Å². The van der Waals surface area contributed by atoms with Gasteiger partial charge in [0, 0.05) is 12.6 Å².